The summed E-state index contributed by atoms with van der Waals surface area (Å²) in [5.74, 6) is -0.264. The summed E-state index contributed by atoms with van der Waals surface area (Å²) < 4.78 is 18.4. The Bertz CT molecular complexity index is 436. The van der Waals surface area contributed by atoms with Gasteiger partial charge in [-0.15, -0.1) is 0 Å². The van der Waals surface area contributed by atoms with Gasteiger partial charge in [0.2, 0.25) is 5.91 Å². The minimum Gasteiger partial charge on any atom is -0.370 e. The zero-order chi connectivity index (χ0) is 13.8. The van der Waals surface area contributed by atoms with Crippen LogP contribution in [0.5, 0.6) is 0 Å². The Balaban J connectivity index is 1.97. The highest BCUT2D eigenvalue weighted by molar-refractivity contribution is 5.78. The molecule has 104 valence electrons. The van der Waals surface area contributed by atoms with E-state index in [0.29, 0.717) is 19.6 Å². The number of carbonyl (C=O) groups excluding carboxylic acids is 1. The maximum Gasteiger partial charge on any atom is 0.227 e. The largest absolute Gasteiger partial charge is 0.370 e. The molecule has 1 aliphatic rings. The number of carbonyl (C=O) groups is 1. The van der Waals surface area contributed by atoms with Crippen molar-refractivity contribution in [1.82, 2.24) is 4.90 Å². The number of nitrogens with zero attached hydrogens (tertiary/aromatic N) is 1. The lowest BCUT2D eigenvalue weighted by atomic mass is 10.1. The van der Waals surface area contributed by atoms with Crippen molar-refractivity contribution in [3.05, 3.63) is 35.6 Å². The molecule has 4 nitrogen and oxygen atoms in total. The zero-order valence-electron chi connectivity index (χ0n) is 11.0. The zero-order valence-corrected chi connectivity index (χ0v) is 11.0. The summed E-state index contributed by atoms with van der Waals surface area (Å²) in [5.41, 5.74) is 6.41. The predicted molar refractivity (Wildman–Crippen MR) is 70.1 cm³/mol. The van der Waals surface area contributed by atoms with Gasteiger partial charge in [-0.3, -0.25) is 4.79 Å². The smallest absolute Gasteiger partial charge is 0.227 e. The SMILES string of the molecule is CC1CN(C(=O)Cc2ccc(F)cc2)CC(CN)O1. The van der Waals surface area contributed by atoms with Crippen molar-refractivity contribution < 1.29 is 13.9 Å². The highest BCUT2D eigenvalue weighted by Crippen LogP contribution is 2.13. The summed E-state index contributed by atoms with van der Waals surface area (Å²) >= 11 is 0. The Labute approximate surface area is 112 Å². The molecule has 1 saturated heterocycles. The van der Waals surface area contributed by atoms with E-state index in [-0.39, 0.29) is 30.4 Å². The average molecular weight is 266 g/mol. The summed E-state index contributed by atoms with van der Waals surface area (Å²) in [6.07, 6.45) is 0.185. The molecule has 19 heavy (non-hydrogen) atoms. The van der Waals surface area contributed by atoms with Crippen LogP contribution in [0.4, 0.5) is 4.39 Å². The van der Waals surface area contributed by atoms with E-state index < -0.39 is 0 Å². The summed E-state index contributed by atoms with van der Waals surface area (Å²) in [7, 11) is 0. The standard InChI is InChI=1S/C14H19FN2O2/c1-10-8-17(9-13(7-16)19-10)14(18)6-11-2-4-12(15)5-3-11/h2-5,10,13H,6-9,16H2,1H3. The van der Waals surface area contributed by atoms with Crippen molar-refractivity contribution in [3.63, 3.8) is 0 Å². The molecule has 0 spiro atoms. The maximum atomic E-state index is 12.8. The Morgan fingerprint density at radius 2 is 2.11 bits per heavy atom. The number of ether oxygens (including phenoxy) is 1. The molecule has 2 atom stereocenters. The van der Waals surface area contributed by atoms with Crippen LogP contribution in [0.25, 0.3) is 0 Å². The lowest BCUT2D eigenvalue weighted by Crippen LogP contribution is -2.51. The van der Waals surface area contributed by atoms with Gasteiger partial charge >= 0.3 is 0 Å². The normalized spacial score (nSPS) is 23.4. The molecular weight excluding hydrogens is 247 g/mol. The van der Waals surface area contributed by atoms with Crippen LogP contribution < -0.4 is 5.73 Å². The van der Waals surface area contributed by atoms with E-state index in [4.69, 9.17) is 10.5 Å². The topological polar surface area (TPSA) is 55.6 Å². The van der Waals surface area contributed by atoms with Crippen LogP contribution in [0.3, 0.4) is 0 Å². The molecule has 0 bridgehead atoms. The molecule has 0 saturated carbocycles. The Kier molecular flexibility index (Phi) is 4.50. The Morgan fingerprint density at radius 1 is 1.42 bits per heavy atom. The first-order chi connectivity index (χ1) is 9.08. The van der Waals surface area contributed by atoms with Gasteiger partial charge in [0.1, 0.15) is 5.82 Å². The molecule has 1 fully saturated rings. The van der Waals surface area contributed by atoms with Crippen LogP contribution >= 0.6 is 0 Å². The van der Waals surface area contributed by atoms with E-state index in [0.717, 1.165) is 5.56 Å². The van der Waals surface area contributed by atoms with Gasteiger partial charge in [0, 0.05) is 19.6 Å². The highest BCUT2D eigenvalue weighted by atomic mass is 19.1. The fourth-order valence-electron chi connectivity index (χ4n) is 2.27. The third-order valence-corrected chi connectivity index (χ3v) is 3.21. The van der Waals surface area contributed by atoms with E-state index >= 15 is 0 Å². The minimum absolute atomic E-state index is 0.000493. The van der Waals surface area contributed by atoms with Crippen LogP contribution in [0, 0.1) is 5.82 Å². The molecule has 1 heterocycles. The first-order valence-electron chi connectivity index (χ1n) is 6.46. The van der Waals surface area contributed by atoms with Crippen molar-refractivity contribution in [1.29, 1.82) is 0 Å². The van der Waals surface area contributed by atoms with Gasteiger partial charge in [0.25, 0.3) is 0 Å². The lowest BCUT2D eigenvalue weighted by Gasteiger charge is -2.36. The van der Waals surface area contributed by atoms with Gasteiger partial charge in [-0.25, -0.2) is 4.39 Å². The van der Waals surface area contributed by atoms with E-state index in [1.807, 2.05) is 6.92 Å². The number of rotatable bonds is 3. The second-order valence-corrected chi connectivity index (χ2v) is 4.91. The number of hydrogen-bond acceptors (Lipinski definition) is 3. The Morgan fingerprint density at radius 3 is 2.74 bits per heavy atom. The van der Waals surface area contributed by atoms with Gasteiger partial charge in [0.15, 0.2) is 0 Å². The van der Waals surface area contributed by atoms with Gasteiger partial charge in [-0.05, 0) is 24.6 Å². The summed E-state index contributed by atoms with van der Waals surface area (Å²) in [4.78, 5) is 14.0. The Hall–Kier alpha value is -1.46. The fourth-order valence-corrected chi connectivity index (χ4v) is 2.27. The monoisotopic (exact) mass is 266 g/mol. The maximum absolute atomic E-state index is 12.8. The highest BCUT2D eigenvalue weighted by Gasteiger charge is 2.27. The van der Waals surface area contributed by atoms with E-state index in [9.17, 15) is 9.18 Å². The molecule has 0 aromatic heterocycles. The van der Waals surface area contributed by atoms with E-state index in [1.54, 1.807) is 17.0 Å². The van der Waals surface area contributed by atoms with Crippen LogP contribution in [-0.2, 0) is 16.0 Å². The predicted octanol–water partition coefficient (Wildman–Crippen LogP) is 0.943. The molecule has 1 aliphatic heterocycles. The van der Waals surface area contributed by atoms with Crippen molar-refractivity contribution in [2.24, 2.45) is 5.73 Å². The van der Waals surface area contributed by atoms with Gasteiger partial charge in [-0.2, -0.15) is 0 Å². The van der Waals surface area contributed by atoms with Crippen LogP contribution in [-0.4, -0.2) is 42.6 Å². The lowest BCUT2D eigenvalue weighted by molar-refractivity contribution is -0.142. The van der Waals surface area contributed by atoms with Crippen LogP contribution in [0.15, 0.2) is 24.3 Å². The van der Waals surface area contributed by atoms with Gasteiger partial charge in [-0.1, -0.05) is 12.1 Å². The van der Waals surface area contributed by atoms with E-state index in [2.05, 4.69) is 0 Å². The van der Waals surface area contributed by atoms with Crippen molar-refractivity contribution in [3.8, 4) is 0 Å². The number of hydrogen-bond donors (Lipinski definition) is 1. The molecule has 2 N–H and O–H groups in total. The molecule has 0 aliphatic carbocycles. The summed E-state index contributed by atoms with van der Waals surface area (Å²) in [6, 6.07) is 6.01. The fraction of sp³-hybridized carbons (Fsp3) is 0.500. The summed E-state index contributed by atoms with van der Waals surface area (Å²) in [5, 5.41) is 0. The average Bonchev–Trinajstić information content (AvgIpc) is 2.40. The molecule has 1 amide bonds. The second kappa shape index (κ2) is 6.12. The number of nitrogens with two attached hydrogens (primary N) is 1. The molecular formula is C14H19FN2O2. The third kappa shape index (κ3) is 3.75. The first-order valence-corrected chi connectivity index (χ1v) is 6.46. The molecule has 2 unspecified atom stereocenters. The number of morpholine rings is 1. The molecule has 0 radical (unpaired) electrons. The second-order valence-electron chi connectivity index (χ2n) is 4.91. The quantitative estimate of drug-likeness (QED) is 0.886. The number of halogens is 1. The van der Waals surface area contributed by atoms with Gasteiger partial charge in [0.05, 0.1) is 18.6 Å². The molecule has 2 rings (SSSR count). The summed E-state index contributed by atoms with van der Waals surface area (Å²) in [6.45, 7) is 3.45. The molecule has 5 heteroatoms. The van der Waals surface area contributed by atoms with Crippen LogP contribution in [0.2, 0.25) is 0 Å². The third-order valence-electron chi connectivity index (χ3n) is 3.21. The molecule has 1 aromatic rings. The van der Waals surface area contributed by atoms with Gasteiger partial charge < -0.3 is 15.4 Å². The molecule has 1 aromatic carbocycles. The van der Waals surface area contributed by atoms with E-state index in [1.165, 1.54) is 12.1 Å². The first kappa shape index (κ1) is 14.0. The minimum atomic E-state index is -0.292. The number of benzene rings is 1. The van der Waals surface area contributed by atoms with Crippen LogP contribution in [0.1, 0.15) is 12.5 Å². The number of amides is 1. The van der Waals surface area contributed by atoms with Crippen molar-refractivity contribution in [2.45, 2.75) is 25.6 Å². The van der Waals surface area contributed by atoms with Crippen molar-refractivity contribution in [2.75, 3.05) is 19.6 Å². The van der Waals surface area contributed by atoms with Crippen molar-refractivity contribution >= 4 is 5.91 Å².